The molecule has 2 aromatic rings. The second-order valence-corrected chi connectivity index (χ2v) is 10.6. The van der Waals surface area contributed by atoms with Gasteiger partial charge < -0.3 is 15.8 Å². The minimum absolute atomic E-state index is 0.303. The topological polar surface area (TPSA) is 129 Å². The van der Waals surface area contributed by atoms with Gasteiger partial charge in [0.2, 0.25) is 5.91 Å². The van der Waals surface area contributed by atoms with Gasteiger partial charge in [-0.1, -0.05) is 36.4 Å². The average molecular weight is 442 g/mol. The fraction of sp³-hybridized carbons (Fsp3) is 0.391. The van der Waals surface area contributed by atoms with Gasteiger partial charge in [0.1, 0.15) is 6.04 Å². The van der Waals surface area contributed by atoms with Crippen LogP contribution in [0.15, 0.2) is 42.5 Å². The van der Waals surface area contributed by atoms with Crippen molar-refractivity contribution in [2.75, 3.05) is 13.2 Å². The maximum Gasteiger partial charge on any atom is 0.241 e. The molecule has 2 aliphatic rings. The standard InChI is InChI=1S/C23H27N3O4S/c24-13-21(26-22(27)23(25)7-9-30-10-8-23)11-16-1-3-17(4-2-16)18-5-6-19-14-31(28,29)15-20(19)12-18/h1-6,12,21,28-29H,7-11,14-15,25H2,(H,26,27)/t21-/m0/s1. The summed E-state index contributed by atoms with van der Waals surface area (Å²) in [5.74, 6) is 0.343. The van der Waals surface area contributed by atoms with Crippen molar-refractivity contribution in [1.29, 1.82) is 5.26 Å². The van der Waals surface area contributed by atoms with E-state index in [2.05, 4.69) is 11.4 Å². The van der Waals surface area contributed by atoms with E-state index in [4.69, 9.17) is 10.5 Å². The molecule has 164 valence electrons. The van der Waals surface area contributed by atoms with E-state index in [-0.39, 0.29) is 5.91 Å². The van der Waals surface area contributed by atoms with Crippen LogP contribution in [0.25, 0.3) is 11.1 Å². The van der Waals surface area contributed by atoms with Crippen LogP contribution in [-0.2, 0) is 27.5 Å². The minimum Gasteiger partial charge on any atom is -0.381 e. The first-order chi connectivity index (χ1) is 14.8. The minimum atomic E-state index is -2.53. The lowest BCUT2D eigenvalue weighted by atomic mass is 9.90. The predicted molar refractivity (Wildman–Crippen MR) is 120 cm³/mol. The van der Waals surface area contributed by atoms with Crippen molar-refractivity contribution < 1.29 is 18.6 Å². The molecule has 2 aliphatic heterocycles. The van der Waals surface area contributed by atoms with Crippen LogP contribution in [-0.4, -0.2) is 39.8 Å². The first kappa shape index (κ1) is 21.8. The lowest BCUT2D eigenvalue weighted by Gasteiger charge is -2.32. The smallest absolute Gasteiger partial charge is 0.241 e. The zero-order valence-electron chi connectivity index (χ0n) is 17.2. The maximum absolute atomic E-state index is 12.6. The molecule has 2 aromatic carbocycles. The van der Waals surface area contributed by atoms with E-state index in [1.807, 2.05) is 42.5 Å². The zero-order chi connectivity index (χ0) is 22.1. The number of fused-ring (bicyclic) bond motifs is 1. The Bertz CT molecular complexity index is 1010. The molecule has 4 rings (SSSR count). The number of amides is 1. The lowest BCUT2D eigenvalue weighted by molar-refractivity contribution is -0.130. The van der Waals surface area contributed by atoms with Gasteiger partial charge in [-0.2, -0.15) is 15.9 Å². The molecular weight excluding hydrogens is 414 g/mol. The highest BCUT2D eigenvalue weighted by Crippen LogP contribution is 2.52. The van der Waals surface area contributed by atoms with Crippen LogP contribution >= 0.6 is 10.6 Å². The number of nitrogens with zero attached hydrogens (tertiary/aromatic N) is 1. The third-order valence-electron chi connectivity index (χ3n) is 6.01. The Morgan fingerprint density at radius 2 is 1.77 bits per heavy atom. The van der Waals surface area contributed by atoms with Gasteiger partial charge in [0.05, 0.1) is 23.1 Å². The average Bonchev–Trinajstić information content (AvgIpc) is 3.07. The Kier molecular flexibility index (Phi) is 6.06. The number of ether oxygens (including phenoxy) is 1. The third-order valence-corrected chi connectivity index (χ3v) is 7.55. The van der Waals surface area contributed by atoms with Crippen molar-refractivity contribution in [1.82, 2.24) is 5.32 Å². The Labute approximate surface area is 183 Å². The van der Waals surface area contributed by atoms with Gasteiger partial charge in [-0.3, -0.25) is 13.9 Å². The molecular formula is C23H27N3O4S. The molecule has 31 heavy (non-hydrogen) atoms. The molecule has 1 atom stereocenters. The van der Waals surface area contributed by atoms with Crippen LogP contribution < -0.4 is 11.1 Å². The molecule has 8 heteroatoms. The van der Waals surface area contributed by atoms with E-state index in [9.17, 15) is 19.2 Å². The highest BCUT2D eigenvalue weighted by Gasteiger charge is 2.36. The summed E-state index contributed by atoms with van der Waals surface area (Å²) in [5, 5.41) is 12.3. The monoisotopic (exact) mass is 441 g/mol. The summed E-state index contributed by atoms with van der Waals surface area (Å²) in [6.45, 7) is 0.897. The van der Waals surface area contributed by atoms with E-state index in [0.29, 0.717) is 44.0 Å². The van der Waals surface area contributed by atoms with Crippen molar-refractivity contribution in [2.45, 2.75) is 42.3 Å². The summed E-state index contributed by atoms with van der Waals surface area (Å²) < 4.78 is 25.2. The van der Waals surface area contributed by atoms with Crippen molar-refractivity contribution >= 4 is 16.5 Å². The van der Waals surface area contributed by atoms with Gasteiger partial charge in [0, 0.05) is 19.6 Å². The first-order valence-corrected chi connectivity index (χ1v) is 12.2. The molecule has 7 nitrogen and oxygen atoms in total. The van der Waals surface area contributed by atoms with Gasteiger partial charge in [-0.25, -0.2) is 0 Å². The lowest BCUT2D eigenvalue weighted by Crippen LogP contribution is -2.58. The quantitative estimate of drug-likeness (QED) is 0.564. The molecule has 1 fully saturated rings. The molecule has 2 heterocycles. The van der Waals surface area contributed by atoms with E-state index in [1.54, 1.807) is 0 Å². The number of carbonyl (C=O) groups is 1. The van der Waals surface area contributed by atoms with Gasteiger partial charge in [0.25, 0.3) is 0 Å². The van der Waals surface area contributed by atoms with E-state index in [1.165, 1.54) is 0 Å². The molecule has 0 aromatic heterocycles. The molecule has 1 saturated heterocycles. The number of nitrogens with one attached hydrogen (secondary N) is 1. The van der Waals surface area contributed by atoms with E-state index >= 15 is 0 Å². The third kappa shape index (κ3) is 4.92. The number of carbonyl (C=O) groups excluding carboxylic acids is 1. The summed E-state index contributed by atoms with van der Waals surface area (Å²) in [6.07, 6.45) is 1.28. The number of benzene rings is 2. The van der Waals surface area contributed by atoms with Crippen LogP contribution in [0.2, 0.25) is 0 Å². The van der Waals surface area contributed by atoms with Crippen LogP contribution in [0.4, 0.5) is 0 Å². The largest absolute Gasteiger partial charge is 0.381 e. The maximum atomic E-state index is 12.6. The van der Waals surface area contributed by atoms with E-state index < -0.39 is 22.2 Å². The molecule has 5 N–H and O–H groups in total. The Morgan fingerprint density at radius 1 is 1.13 bits per heavy atom. The van der Waals surface area contributed by atoms with Crippen LogP contribution in [0.5, 0.6) is 0 Å². The number of nitriles is 1. The summed E-state index contributed by atoms with van der Waals surface area (Å²) in [5.41, 5.74) is 10.2. The summed E-state index contributed by atoms with van der Waals surface area (Å²) >= 11 is 0. The highest BCUT2D eigenvalue weighted by atomic mass is 32.3. The summed E-state index contributed by atoms with van der Waals surface area (Å²) in [4.78, 5) is 12.6. The molecule has 0 saturated carbocycles. The van der Waals surface area contributed by atoms with Gasteiger partial charge in [-0.15, -0.1) is 0 Å². The van der Waals surface area contributed by atoms with Gasteiger partial charge in [0.15, 0.2) is 0 Å². The van der Waals surface area contributed by atoms with Crippen molar-refractivity contribution in [2.24, 2.45) is 5.73 Å². The van der Waals surface area contributed by atoms with Gasteiger partial charge in [-0.05, 0) is 46.7 Å². The molecule has 0 spiro atoms. The fourth-order valence-corrected chi connectivity index (χ4v) is 5.74. The van der Waals surface area contributed by atoms with Crippen LogP contribution in [0.1, 0.15) is 29.5 Å². The second kappa shape index (κ2) is 8.61. The summed E-state index contributed by atoms with van der Waals surface area (Å²) in [6, 6.07) is 15.3. The fourth-order valence-electron chi connectivity index (χ4n) is 4.09. The predicted octanol–water partition coefficient (Wildman–Crippen LogP) is 3.18. The summed E-state index contributed by atoms with van der Waals surface area (Å²) in [7, 11) is -2.53. The Morgan fingerprint density at radius 3 is 2.45 bits per heavy atom. The Balaban J connectivity index is 1.41. The SMILES string of the molecule is N#C[C@H](Cc1ccc(-c2ccc3c(c2)CS(O)(O)C3)cc1)NC(=O)C1(N)CCOCC1. The molecule has 1 amide bonds. The highest BCUT2D eigenvalue weighted by molar-refractivity contribution is 8.23. The molecule has 0 radical (unpaired) electrons. The van der Waals surface area contributed by atoms with Gasteiger partial charge >= 0.3 is 0 Å². The zero-order valence-corrected chi connectivity index (χ0v) is 18.0. The number of nitrogens with two attached hydrogens (primary N) is 1. The molecule has 0 aliphatic carbocycles. The van der Waals surface area contributed by atoms with Crippen molar-refractivity contribution in [3.8, 4) is 17.2 Å². The number of rotatable bonds is 5. The van der Waals surface area contributed by atoms with E-state index in [0.717, 1.165) is 27.8 Å². The second-order valence-electron chi connectivity index (χ2n) is 8.40. The van der Waals surface area contributed by atoms with Crippen molar-refractivity contribution in [3.63, 3.8) is 0 Å². The Hall–Kier alpha value is -2.41. The molecule has 0 unspecified atom stereocenters. The first-order valence-electron chi connectivity index (χ1n) is 10.3. The number of hydrogen-bond acceptors (Lipinski definition) is 6. The van der Waals surface area contributed by atoms with Crippen molar-refractivity contribution in [3.05, 3.63) is 59.2 Å². The number of hydrogen-bond donors (Lipinski definition) is 4. The normalized spacial score (nSPS) is 20.8. The van der Waals surface area contributed by atoms with Crippen LogP contribution in [0.3, 0.4) is 0 Å². The van der Waals surface area contributed by atoms with Crippen LogP contribution in [0, 0.1) is 11.3 Å². The molecule has 0 bridgehead atoms.